The van der Waals surface area contributed by atoms with Crippen LogP contribution in [0.15, 0.2) is 4.99 Å². The summed E-state index contributed by atoms with van der Waals surface area (Å²) in [6.07, 6.45) is 4.04. The number of hydrogen-bond acceptors (Lipinski definition) is 1. The molecule has 2 rings (SSSR count). The average molecular weight is 265 g/mol. The summed E-state index contributed by atoms with van der Waals surface area (Å²) in [6, 6.07) is 0. The zero-order valence-electron chi connectivity index (χ0n) is 13.9. The molecule has 2 bridgehead atoms. The number of likely N-dealkylation sites (N-methyl/N-ethyl adjacent to an activating group) is 1. The summed E-state index contributed by atoms with van der Waals surface area (Å²) in [5.41, 5.74) is 2.39. The van der Waals surface area contributed by atoms with Gasteiger partial charge in [0, 0.05) is 11.1 Å². The van der Waals surface area contributed by atoms with Crippen LogP contribution in [-0.2, 0) is 0 Å². The fourth-order valence-corrected chi connectivity index (χ4v) is 4.13. The number of fused-ring (bicyclic) bond motifs is 2. The molecule has 0 aliphatic heterocycles. The predicted molar refractivity (Wildman–Crippen MR) is 83.7 cm³/mol. The van der Waals surface area contributed by atoms with Crippen LogP contribution in [0, 0.1) is 16.7 Å². The van der Waals surface area contributed by atoms with Crippen molar-refractivity contribution in [1.29, 1.82) is 0 Å². The van der Waals surface area contributed by atoms with E-state index in [1.807, 2.05) is 0 Å². The maximum atomic E-state index is 5.06. The number of aliphatic imine (C=N–C) groups is 1. The highest BCUT2D eigenvalue weighted by molar-refractivity contribution is 5.94. The van der Waals surface area contributed by atoms with Crippen molar-refractivity contribution in [2.75, 3.05) is 33.2 Å². The normalized spacial score (nSPS) is 35.3. The van der Waals surface area contributed by atoms with Crippen LogP contribution in [0.3, 0.4) is 0 Å². The maximum Gasteiger partial charge on any atom is 0.0983 e. The van der Waals surface area contributed by atoms with Crippen molar-refractivity contribution >= 4 is 5.71 Å². The smallest absolute Gasteiger partial charge is 0.0983 e. The Bertz CT molecular complexity index is 365. The van der Waals surface area contributed by atoms with Gasteiger partial charge >= 0.3 is 0 Å². The van der Waals surface area contributed by atoms with Crippen LogP contribution in [0.25, 0.3) is 0 Å². The Kier molecular flexibility index (Phi) is 3.85. The molecule has 0 amide bonds. The third-order valence-corrected chi connectivity index (χ3v) is 6.98. The van der Waals surface area contributed by atoms with E-state index in [0.29, 0.717) is 10.8 Å². The van der Waals surface area contributed by atoms with Crippen molar-refractivity contribution in [3.8, 4) is 0 Å². The maximum absolute atomic E-state index is 5.06. The Morgan fingerprint density at radius 3 is 2.26 bits per heavy atom. The minimum atomic E-state index is 0.388. The molecule has 2 aliphatic rings. The SMILES string of the molecule is CC[N+](C)(CC)CCN=C1C[C@H]2CC[C@]1(C)C2(C)C. The monoisotopic (exact) mass is 265 g/mol. The van der Waals surface area contributed by atoms with Crippen molar-refractivity contribution < 1.29 is 4.48 Å². The van der Waals surface area contributed by atoms with E-state index in [1.54, 1.807) is 0 Å². The summed E-state index contributed by atoms with van der Waals surface area (Å²) in [7, 11) is 2.35. The summed E-state index contributed by atoms with van der Waals surface area (Å²) in [6.45, 7) is 16.6. The van der Waals surface area contributed by atoms with Gasteiger partial charge in [0.1, 0.15) is 0 Å². The van der Waals surface area contributed by atoms with Crippen LogP contribution in [-0.4, -0.2) is 43.4 Å². The van der Waals surface area contributed by atoms with Gasteiger partial charge in [0.05, 0.1) is 33.2 Å². The van der Waals surface area contributed by atoms with Gasteiger partial charge in [0.2, 0.25) is 0 Å². The first-order valence-corrected chi connectivity index (χ1v) is 8.16. The van der Waals surface area contributed by atoms with Crippen molar-refractivity contribution in [1.82, 2.24) is 0 Å². The molecule has 0 N–H and O–H groups in total. The third-order valence-electron chi connectivity index (χ3n) is 6.98. The molecule has 0 aromatic carbocycles. The van der Waals surface area contributed by atoms with Gasteiger partial charge in [-0.25, -0.2) is 0 Å². The van der Waals surface area contributed by atoms with Crippen LogP contribution in [0.4, 0.5) is 0 Å². The first-order valence-electron chi connectivity index (χ1n) is 8.16. The summed E-state index contributed by atoms with van der Waals surface area (Å²) >= 11 is 0. The Balaban J connectivity index is 2.03. The van der Waals surface area contributed by atoms with E-state index in [2.05, 4.69) is 41.7 Å². The van der Waals surface area contributed by atoms with Crippen LogP contribution >= 0.6 is 0 Å². The average Bonchev–Trinajstić information content (AvgIpc) is 2.71. The zero-order chi connectivity index (χ0) is 14.3. The molecule has 2 aliphatic carbocycles. The quantitative estimate of drug-likeness (QED) is 0.671. The molecule has 2 saturated carbocycles. The minimum absolute atomic E-state index is 0.388. The Morgan fingerprint density at radius 1 is 1.21 bits per heavy atom. The molecule has 0 heterocycles. The number of nitrogens with zero attached hydrogens (tertiary/aromatic N) is 2. The van der Waals surface area contributed by atoms with Gasteiger partial charge in [-0.05, 0) is 44.4 Å². The molecule has 0 aromatic rings. The highest BCUT2D eigenvalue weighted by atomic mass is 15.3. The van der Waals surface area contributed by atoms with Gasteiger partial charge in [0.25, 0.3) is 0 Å². The fraction of sp³-hybridized carbons (Fsp3) is 0.941. The summed E-state index contributed by atoms with van der Waals surface area (Å²) in [5.74, 6) is 0.884. The van der Waals surface area contributed by atoms with Crippen molar-refractivity contribution in [2.45, 2.75) is 53.9 Å². The number of quaternary nitrogens is 1. The van der Waals surface area contributed by atoms with Gasteiger partial charge in [-0.2, -0.15) is 0 Å². The molecule has 2 atom stereocenters. The van der Waals surface area contributed by atoms with E-state index in [-0.39, 0.29) is 0 Å². The van der Waals surface area contributed by atoms with E-state index >= 15 is 0 Å². The lowest BCUT2D eigenvalue weighted by Crippen LogP contribution is -2.45. The van der Waals surface area contributed by atoms with E-state index in [4.69, 9.17) is 4.99 Å². The molecule has 2 fully saturated rings. The Morgan fingerprint density at radius 2 is 1.84 bits per heavy atom. The van der Waals surface area contributed by atoms with Gasteiger partial charge in [-0.1, -0.05) is 20.8 Å². The van der Waals surface area contributed by atoms with Crippen molar-refractivity contribution in [3.05, 3.63) is 0 Å². The Hall–Kier alpha value is -0.370. The largest absolute Gasteiger partial charge is 0.325 e. The molecule has 0 spiro atoms. The predicted octanol–water partition coefficient (Wildman–Crippen LogP) is 3.76. The first kappa shape index (κ1) is 15.0. The van der Waals surface area contributed by atoms with Gasteiger partial charge < -0.3 is 4.48 Å². The second kappa shape index (κ2) is 4.87. The zero-order valence-corrected chi connectivity index (χ0v) is 13.9. The van der Waals surface area contributed by atoms with Crippen LogP contribution in [0.5, 0.6) is 0 Å². The second-order valence-electron chi connectivity index (χ2n) is 7.80. The summed E-state index contributed by atoms with van der Waals surface area (Å²) in [4.78, 5) is 5.06. The lowest BCUT2D eigenvalue weighted by molar-refractivity contribution is -0.904. The molecule has 19 heavy (non-hydrogen) atoms. The Labute approximate surface area is 119 Å². The molecule has 2 heteroatoms. The highest BCUT2D eigenvalue weighted by Gasteiger charge is 2.59. The molecular weight excluding hydrogens is 232 g/mol. The molecular formula is C17H33N2+. The van der Waals surface area contributed by atoms with Gasteiger partial charge in [-0.3, -0.25) is 4.99 Å². The second-order valence-corrected chi connectivity index (χ2v) is 7.80. The van der Waals surface area contributed by atoms with Crippen LogP contribution < -0.4 is 0 Å². The van der Waals surface area contributed by atoms with Gasteiger partial charge in [0.15, 0.2) is 0 Å². The molecule has 110 valence electrons. The number of rotatable bonds is 5. The molecule has 0 radical (unpaired) electrons. The lowest BCUT2D eigenvalue weighted by Gasteiger charge is -2.35. The lowest BCUT2D eigenvalue weighted by atomic mass is 9.70. The fourth-order valence-electron chi connectivity index (χ4n) is 4.13. The van der Waals surface area contributed by atoms with E-state index < -0.39 is 0 Å². The first-order chi connectivity index (χ1) is 8.79. The minimum Gasteiger partial charge on any atom is -0.325 e. The van der Waals surface area contributed by atoms with E-state index in [9.17, 15) is 0 Å². The third kappa shape index (κ3) is 2.26. The number of hydrogen-bond donors (Lipinski definition) is 0. The summed E-state index contributed by atoms with van der Waals surface area (Å²) < 4.78 is 1.15. The van der Waals surface area contributed by atoms with Crippen molar-refractivity contribution in [2.24, 2.45) is 21.7 Å². The molecule has 2 nitrogen and oxygen atoms in total. The van der Waals surface area contributed by atoms with Crippen molar-refractivity contribution in [3.63, 3.8) is 0 Å². The topological polar surface area (TPSA) is 12.4 Å². The molecule has 0 saturated heterocycles. The van der Waals surface area contributed by atoms with Gasteiger partial charge in [-0.15, -0.1) is 0 Å². The molecule has 0 aromatic heterocycles. The molecule has 0 unspecified atom stereocenters. The summed E-state index contributed by atoms with van der Waals surface area (Å²) in [5, 5.41) is 0. The van der Waals surface area contributed by atoms with Crippen LogP contribution in [0.2, 0.25) is 0 Å². The van der Waals surface area contributed by atoms with E-state index in [0.717, 1.165) is 16.9 Å². The van der Waals surface area contributed by atoms with Crippen LogP contribution in [0.1, 0.15) is 53.9 Å². The standard InChI is InChI=1S/C17H33N2/c1-7-19(6,8-2)12-11-18-15-13-14-9-10-17(15,5)16(14,3)4/h14H,7-13H2,1-6H3/q+1/t14-,17+/m1/s1. The van der Waals surface area contributed by atoms with E-state index in [1.165, 1.54) is 44.6 Å². The highest BCUT2D eigenvalue weighted by Crippen LogP contribution is 2.63.